The summed E-state index contributed by atoms with van der Waals surface area (Å²) < 4.78 is 38.9. The summed E-state index contributed by atoms with van der Waals surface area (Å²) in [7, 11) is 0. The molecule has 6 nitrogen and oxygen atoms in total. The van der Waals surface area contributed by atoms with Crippen LogP contribution >= 0.6 is 11.8 Å². The van der Waals surface area contributed by atoms with Crippen molar-refractivity contribution in [3.05, 3.63) is 54.1 Å². The van der Waals surface area contributed by atoms with E-state index in [4.69, 9.17) is 0 Å². The minimum Gasteiger partial charge on any atom is -0.322 e. The Morgan fingerprint density at radius 3 is 2.36 bits per heavy atom. The molecule has 1 N–H and O–H groups in total. The van der Waals surface area contributed by atoms with Crippen LogP contribution in [-0.4, -0.2) is 31.6 Å². The highest BCUT2D eigenvalue weighted by Crippen LogP contribution is 2.37. The summed E-state index contributed by atoms with van der Waals surface area (Å²) in [5, 5.41) is 14.5. The van der Waals surface area contributed by atoms with E-state index in [1.165, 1.54) is 24.3 Å². The molecule has 1 aromatic heterocycles. The molecule has 0 atom stereocenters. The van der Waals surface area contributed by atoms with Crippen LogP contribution in [0.4, 0.5) is 18.9 Å². The highest BCUT2D eigenvalue weighted by atomic mass is 32.2. The Labute approximate surface area is 162 Å². The number of benzene rings is 2. The number of tetrazole rings is 1. The summed E-state index contributed by atoms with van der Waals surface area (Å²) >= 11 is -0.217. The van der Waals surface area contributed by atoms with Crippen molar-refractivity contribution in [1.82, 2.24) is 20.2 Å². The molecule has 0 radical (unpaired) electrons. The molecule has 0 unspecified atom stereocenters. The fraction of sp³-hybridized carbons (Fsp3) is 0.222. The zero-order chi connectivity index (χ0) is 19.7. The molecule has 4 rings (SSSR count). The second-order valence-corrected chi connectivity index (χ2v) is 7.42. The van der Waals surface area contributed by atoms with Crippen LogP contribution in [0.3, 0.4) is 0 Å². The van der Waals surface area contributed by atoms with Crippen molar-refractivity contribution in [2.24, 2.45) is 0 Å². The van der Waals surface area contributed by atoms with E-state index in [-0.39, 0.29) is 22.2 Å². The SMILES string of the molecule is O=C(Nc1ccc(-c2nnnn2C2CC2)cc1)c1ccc(SC(F)(F)F)cc1. The first-order valence-corrected chi connectivity index (χ1v) is 9.26. The van der Waals surface area contributed by atoms with Gasteiger partial charge in [-0.3, -0.25) is 4.79 Å². The highest BCUT2D eigenvalue weighted by molar-refractivity contribution is 8.00. The number of nitrogens with zero attached hydrogens (tertiary/aromatic N) is 4. The van der Waals surface area contributed by atoms with Crippen LogP contribution in [0.5, 0.6) is 0 Å². The van der Waals surface area contributed by atoms with E-state index in [0.29, 0.717) is 17.6 Å². The van der Waals surface area contributed by atoms with Crippen LogP contribution in [0.25, 0.3) is 11.4 Å². The third-order valence-electron chi connectivity index (χ3n) is 4.14. The number of aromatic nitrogens is 4. The smallest absolute Gasteiger partial charge is 0.322 e. The van der Waals surface area contributed by atoms with Crippen molar-refractivity contribution >= 4 is 23.4 Å². The lowest BCUT2D eigenvalue weighted by Crippen LogP contribution is -2.11. The van der Waals surface area contributed by atoms with Gasteiger partial charge in [-0.15, -0.1) is 5.10 Å². The maximum atomic E-state index is 12.4. The zero-order valence-electron chi connectivity index (χ0n) is 14.3. The van der Waals surface area contributed by atoms with E-state index in [9.17, 15) is 18.0 Å². The summed E-state index contributed by atoms with van der Waals surface area (Å²) in [6.07, 6.45) is 2.12. The van der Waals surface area contributed by atoms with E-state index in [2.05, 4.69) is 20.8 Å². The number of halogens is 3. The van der Waals surface area contributed by atoms with Crippen molar-refractivity contribution in [3.63, 3.8) is 0 Å². The minimum absolute atomic E-state index is 0.0294. The third kappa shape index (κ3) is 4.33. The van der Waals surface area contributed by atoms with E-state index in [0.717, 1.165) is 18.4 Å². The summed E-state index contributed by atoms with van der Waals surface area (Å²) in [6.45, 7) is 0. The lowest BCUT2D eigenvalue weighted by Gasteiger charge is -2.08. The number of alkyl halides is 3. The van der Waals surface area contributed by atoms with Gasteiger partial charge in [0.1, 0.15) is 0 Å². The molecule has 0 saturated heterocycles. The van der Waals surface area contributed by atoms with Crippen molar-refractivity contribution < 1.29 is 18.0 Å². The quantitative estimate of drug-likeness (QED) is 0.631. The predicted octanol–water partition coefficient (Wildman–Crippen LogP) is 4.54. The van der Waals surface area contributed by atoms with Crippen LogP contribution in [0, 0.1) is 0 Å². The topological polar surface area (TPSA) is 72.7 Å². The van der Waals surface area contributed by atoms with Crippen molar-refractivity contribution in [2.45, 2.75) is 29.3 Å². The zero-order valence-corrected chi connectivity index (χ0v) is 15.2. The molecule has 1 aliphatic carbocycles. The maximum absolute atomic E-state index is 12.4. The molecule has 144 valence electrons. The van der Waals surface area contributed by atoms with Crippen LogP contribution in [0.2, 0.25) is 0 Å². The van der Waals surface area contributed by atoms with Crippen LogP contribution in [0.1, 0.15) is 29.2 Å². The normalized spacial score (nSPS) is 14.1. The van der Waals surface area contributed by atoms with Crippen LogP contribution < -0.4 is 5.32 Å². The molecule has 1 heterocycles. The number of rotatable bonds is 5. The monoisotopic (exact) mass is 405 g/mol. The Bertz CT molecular complexity index is 982. The Hall–Kier alpha value is -2.88. The molecule has 1 fully saturated rings. The summed E-state index contributed by atoms with van der Waals surface area (Å²) in [4.78, 5) is 12.3. The lowest BCUT2D eigenvalue weighted by molar-refractivity contribution is -0.0328. The molecular formula is C18H14F3N5OS. The van der Waals surface area contributed by atoms with E-state index >= 15 is 0 Å². The van der Waals surface area contributed by atoms with Crippen molar-refractivity contribution in [3.8, 4) is 11.4 Å². The summed E-state index contributed by atoms with van der Waals surface area (Å²) in [5.74, 6) is 0.275. The molecular weight excluding hydrogens is 391 g/mol. The number of carbonyl (C=O) groups is 1. The fourth-order valence-corrected chi connectivity index (χ4v) is 3.20. The largest absolute Gasteiger partial charge is 0.446 e. The Morgan fingerprint density at radius 1 is 1.07 bits per heavy atom. The van der Waals surface area contributed by atoms with Gasteiger partial charge in [-0.05, 0) is 83.6 Å². The average molecular weight is 405 g/mol. The van der Waals surface area contributed by atoms with Crippen LogP contribution in [-0.2, 0) is 0 Å². The Morgan fingerprint density at radius 2 is 1.75 bits per heavy atom. The van der Waals surface area contributed by atoms with Gasteiger partial charge >= 0.3 is 5.51 Å². The minimum atomic E-state index is -4.36. The van der Waals surface area contributed by atoms with Gasteiger partial charge in [-0.2, -0.15) is 13.2 Å². The predicted molar refractivity (Wildman–Crippen MR) is 97.8 cm³/mol. The molecule has 0 aliphatic heterocycles. The lowest BCUT2D eigenvalue weighted by atomic mass is 10.1. The van der Waals surface area contributed by atoms with Gasteiger partial charge in [0.15, 0.2) is 5.82 Å². The van der Waals surface area contributed by atoms with E-state index in [1.807, 2.05) is 12.1 Å². The molecule has 10 heteroatoms. The number of anilines is 1. The second-order valence-electron chi connectivity index (χ2n) is 6.28. The molecule has 1 saturated carbocycles. The standard InChI is InChI=1S/C18H14F3N5OS/c19-18(20,21)28-15-9-3-12(4-10-15)17(27)22-13-5-1-11(2-6-13)16-23-24-25-26(16)14-7-8-14/h1-6,9-10,14H,7-8H2,(H,22,27). The number of hydrogen-bond acceptors (Lipinski definition) is 5. The van der Waals surface area contributed by atoms with E-state index in [1.54, 1.807) is 16.8 Å². The van der Waals surface area contributed by atoms with Crippen molar-refractivity contribution in [1.29, 1.82) is 0 Å². The first-order valence-electron chi connectivity index (χ1n) is 8.44. The van der Waals surface area contributed by atoms with Gasteiger partial charge in [0.05, 0.1) is 6.04 Å². The highest BCUT2D eigenvalue weighted by Gasteiger charge is 2.29. The van der Waals surface area contributed by atoms with E-state index < -0.39 is 11.4 Å². The summed E-state index contributed by atoms with van der Waals surface area (Å²) in [5.41, 5.74) is -2.69. The van der Waals surface area contributed by atoms with Gasteiger partial charge in [0, 0.05) is 21.7 Å². The average Bonchev–Trinajstić information content (AvgIpc) is 3.38. The Kier molecular flexibility index (Phi) is 4.80. The molecule has 3 aromatic rings. The first-order chi connectivity index (χ1) is 13.4. The molecule has 0 bridgehead atoms. The van der Waals surface area contributed by atoms with Crippen LogP contribution in [0.15, 0.2) is 53.4 Å². The number of thioether (sulfide) groups is 1. The van der Waals surface area contributed by atoms with Crippen molar-refractivity contribution in [2.75, 3.05) is 5.32 Å². The molecule has 28 heavy (non-hydrogen) atoms. The number of amides is 1. The third-order valence-corrected chi connectivity index (χ3v) is 4.88. The second kappa shape index (κ2) is 7.27. The van der Waals surface area contributed by atoms with Gasteiger partial charge in [-0.1, -0.05) is 0 Å². The summed E-state index contributed by atoms with van der Waals surface area (Å²) in [6, 6.07) is 12.7. The number of hydrogen-bond donors (Lipinski definition) is 1. The molecule has 2 aromatic carbocycles. The van der Waals surface area contributed by atoms with Gasteiger partial charge in [0.2, 0.25) is 0 Å². The van der Waals surface area contributed by atoms with Gasteiger partial charge < -0.3 is 5.32 Å². The number of carbonyl (C=O) groups excluding carboxylic acids is 1. The van der Waals surface area contributed by atoms with Gasteiger partial charge in [0.25, 0.3) is 5.91 Å². The molecule has 0 spiro atoms. The Balaban J connectivity index is 1.42. The number of nitrogens with one attached hydrogen (secondary N) is 1. The first kappa shape index (κ1) is 18.5. The maximum Gasteiger partial charge on any atom is 0.446 e. The molecule has 1 amide bonds. The van der Waals surface area contributed by atoms with Gasteiger partial charge in [-0.25, -0.2) is 4.68 Å². The molecule has 1 aliphatic rings. The fourth-order valence-electron chi connectivity index (χ4n) is 2.66.